The third-order valence-corrected chi connectivity index (χ3v) is 5.40. The largest absolute Gasteiger partial charge is 0.381 e. The Hall–Kier alpha value is -1.00. The van der Waals surface area contributed by atoms with Gasteiger partial charge in [-0.25, -0.2) is 0 Å². The van der Waals surface area contributed by atoms with Gasteiger partial charge in [-0.2, -0.15) is 0 Å². The van der Waals surface area contributed by atoms with Crippen molar-refractivity contribution >= 4 is 27.5 Å². The molecular weight excluding hydrogens is 344 g/mol. The zero-order valence-electron chi connectivity index (χ0n) is 13.0. The molecule has 0 N–H and O–H groups in total. The summed E-state index contributed by atoms with van der Waals surface area (Å²) in [4.78, 5) is 25.3. The van der Waals surface area contributed by atoms with E-state index in [0.29, 0.717) is 12.3 Å². The molecule has 3 nitrogen and oxygen atoms in total. The van der Waals surface area contributed by atoms with Crippen molar-refractivity contribution in [1.29, 1.82) is 0 Å². The van der Waals surface area contributed by atoms with Gasteiger partial charge in [0.05, 0.1) is 0 Å². The predicted octanol–water partition coefficient (Wildman–Crippen LogP) is 3.73. The minimum absolute atomic E-state index is 0.0856. The lowest BCUT2D eigenvalue weighted by Crippen LogP contribution is -2.19. The van der Waals surface area contributed by atoms with Gasteiger partial charge < -0.3 is 4.74 Å². The molecule has 1 heterocycles. The van der Waals surface area contributed by atoms with Crippen LogP contribution < -0.4 is 0 Å². The summed E-state index contributed by atoms with van der Waals surface area (Å²) in [7, 11) is 0. The predicted molar refractivity (Wildman–Crippen MR) is 88.0 cm³/mol. The molecule has 4 heteroatoms. The topological polar surface area (TPSA) is 43.4 Å². The zero-order chi connectivity index (χ0) is 15.9. The van der Waals surface area contributed by atoms with E-state index in [4.69, 9.17) is 4.74 Å². The Morgan fingerprint density at radius 1 is 1.23 bits per heavy atom. The van der Waals surface area contributed by atoms with E-state index in [0.717, 1.165) is 47.2 Å². The molecule has 3 atom stereocenters. The van der Waals surface area contributed by atoms with E-state index in [9.17, 15) is 9.59 Å². The molecule has 0 radical (unpaired) electrons. The summed E-state index contributed by atoms with van der Waals surface area (Å²) in [5, 5.41) is 0. The lowest BCUT2D eigenvalue weighted by atomic mass is 9.86. The first kappa shape index (κ1) is 15.9. The minimum Gasteiger partial charge on any atom is -0.381 e. The second-order valence-electron chi connectivity index (χ2n) is 6.62. The lowest BCUT2D eigenvalue weighted by molar-refractivity contribution is -0.125. The molecule has 0 aromatic heterocycles. The number of benzene rings is 1. The average Bonchev–Trinajstić information content (AvgIpc) is 3.02. The van der Waals surface area contributed by atoms with Crippen LogP contribution in [0.25, 0.3) is 0 Å². The van der Waals surface area contributed by atoms with Gasteiger partial charge in [-0.1, -0.05) is 15.9 Å². The van der Waals surface area contributed by atoms with Crippen molar-refractivity contribution in [2.75, 3.05) is 13.2 Å². The quantitative estimate of drug-likeness (QED) is 0.767. The molecular formula is C18H21BrO3. The van der Waals surface area contributed by atoms with Crippen LogP contribution in [0.1, 0.15) is 41.9 Å². The highest BCUT2D eigenvalue weighted by molar-refractivity contribution is 9.10. The Labute approximate surface area is 139 Å². The molecule has 0 amide bonds. The normalized spacial score (nSPS) is 28.6. The van der Waals surface area contributed by atoms with Crippen LogP contribution in [0.4, 0.5) is 0 Å². The molecule has 22 heavy (non-hydrogen) atoms. The lowest BCUT2D eigenvalue weighted by Gasteiger charge is -2.17. The number of aryl methyl sites for hydroxylation is 2. The zero-order valence-corrected chi connectivity index (χ0v) is 14.6. The van der Waals surface area contributed by atoms with Crippen molar-refractivity contribution in [3.8, 4) is 0 Å². The molecule has 0 bridgehead atoms. The number of ether oxygens (including phenoxy) is 1. The van der Waals surface area contributed by atoms with Crippen LogP contribution in [0, 0.1) is 25.7 Å². The van der Waals surface area contributed by atoms with Gasteiger partial charge in [0, 0.05) is 30.0 Å². The molecule has 2 fully saturated rings. The molecule has 1 aromatic carbocycles. The molecule has 1 aromatic rings. The van der Waals surface area contributed by atoms with Crippen LogP contribution in [0.3, 0.4) is 0 Å². The number of halogens is 1. The maximum atomic E-state index is 12.8. The summed E-state index contributed by atoms with van der Waals surface area (Å²) in [6, 6.07) is 3.97. The van der Waals surface area contributed by atoms with E-state index in [1.54, 1.807) is 0 Å². The van der Waals surface area contributed by atoms with Crippen molar-refractivity contribution in [2.45, 2.75) is 39.0 Å². The summed E-state index contributed by atoms with van der Waals surface area (Å²) < 4.78 is 6.38. The number of Topliss-reactive ketones (excluding diaryl/α,β-unsaturated/α-hetero) is 2. The highest BCUT2D eigenvalue weighted by Crippen LogP contribution is 2.39. The molecule has 1 aliphatic carbocycles. The second kappa shape index (κ2) is 6.25. The molecule has 2 aliphatic rings. The third-order valence-electron chi connectivity index (χ3n) is 4.95. The Morgan fingerprint density at radius 2 is 1.91 bits per heavy atom. The molecule has 1 aliphatic heterocycles. The Kier molecular flexibility index (Phi) is 4.51. The molecule has 1 saturated heterocycles. The van der Waals surface area contributed by atoms with Gasteiger partial charge in [0.15, 0.2) is 5.78 Å². The van der Waals surface area contributed by atoms with Gasteiger partial charge >= 0.3 is 0 Å². The van der Waals surface area contributed by atoms with Crippen LogP contribution in [0.2, 0.25) is 0 Å². The van der Waals surface area contributed by atoms with E-state index >= 15 is 0 Å². The van der Waals surface area contributed by atoms with Crippen LogP contribution in [-0.2, 0) is 14.3 Å². The standard InChI is InChI=1S/C18H21BrO3/c1-10-5-14(19)6-11(2)16(10)17-15(20)8-13(18(17)21)7-12-3-4-22-9-12/h5-6,12-13,17H,3-4,7-9H2,1-2H3. The first-order valence-corrected chi connectivity index (χ1v) is 8.67. The number of hydrogen-bond donors (Lipinski definition) is 0. The van der Waals surface area contributed by atoms with E-state index in [1.165, 1.54) is 0 Å². The van der Waals surface area contributed by atoms with Crippen LogP contribution >= 0.6 is 15.9 Å². The van der Waals surface area contributed by atoms with Crippen molar-refractivity contribution in [3.63, 3.8) is 0 Å². The number of carbonyl (C=O) groups excluding carboxylic acids is 2. The Balaban J connectivity index is 1.85. The van der Waals surface area contributed by atoms with Gasteiger partial charge in [-0.05, 0) is 61.4 Å². The van der Waals surface area contributed by atoms with Crippen LogP contribution in [0.15, 0.2) is 16.6 Å². The van der Waals surface area contributed by atoms with Gasteiger partial charge in [-0.3, -0.25) is 9.59 Å². The SMILES string of the molecule is Cc1cc(Br)cc(C)c1C1C(=O)CC(CC2CCOC2)C1=O. The van der Waals surface area contributed by atoms with E-state index in [-0.39, 0.29) is 17.5 Å². The van der Waals surface area contributed by atoms with Gasteiger partial charge in [0.2, 0.25) is 0 Å². The van der Waals surface area contributed by atoms with E-state index in [2.05, 4.69) is 15.9 Å². The van der Waals surface area contributed by atoms with Crippen molar-refractivity contribution in [3.05, 3.63) is 33.3 Å². The molecule has 0 spiro atoms. The molecule has 118 valence electrons. The first-order valence-electron chi connectivity index (χ1n) is 7.88. The summed E-state index contributed by atoms with van der Waals surface area (Å²) in [5.74, 6) is -0.0347. The fourth-order valence-corrected chi connectivity index (χ4v) is 4.59. The number of carbonyl (C=O) groups is 2. The summed E-state index contributed by atoms with van der Waals surface area (Å²) in [6.07, 6.45) is 2.21. The summed E-state index contributed by atoms with van der Waals surface area (Å²) >= 11 is 3.47. The van der Waals surface area contributed by atoms with Crippen molar-refractivity contribution in [1.82, 2.24) is 0 Å². The van der Waals surface area contributed by atoms with Gasteiger partial charge in [-0.15, -0.1) is 0 Å². The first-order chi connectivity index (χ1) is 10.5. The van der Waals surface area contributed by atoms with Crippen molar-refractivity contribution < 1.29 is 14.3 Å². The summed E-state index contributed by atoms with van der Waals surface area (Å²) in [5.41, 5.74) is 2.95. The van der Waals surface area contributed by atoms with Gasteiger partial charge in [0.1, 0.15) is 11.7 Å². The Morgan fingerprint density at radius 3 is 2.50 bits per heavy atom. The van der Waals surface area contributed by atoms with E-state index < -0.39 is 5.92 Å². The summed E-state index contributed by atoms with van der Waals surface area (Å²) in [6.45, 7) is 5.48. The van der Waals surface area contributed by atoms with Crippen LogP contribution in [-0.4, -0.2) is 24.8 Å². The number of rotatable bonds is 3. The number of ketones is 2. The Bertz CT molecular complexity index is 594. The van der Waals surface area contributed by atoms with Crippen LogP contribution in [0.5, 0.6) is 0 Å². The maximum absolute atomic E-state index is 12.8. The maximum Gasteiger partial charge on any atom is 0.151 e. The molecule has 3 rings (SSSR count). The monoisotopic (exact) mass is 364 g/mol. The van der Waals surface area contributed by atoms with Crippen molar-refractivity contribution in [2.24, 2.45) is 11.8 Å². The average molecular weight is 365 g/mol. The minimum atomic E-state index is -0.555. The molecule has 3 unspecified atom stereocenters. The molecule has 1 saturated carbocycles. The smallest absolute Gasteiger partial charge is 0.151 e. The second-order valence-corrected chi connectivity index (χ2v) is 7.54. The third kappa shape index (κ3) is 2.91. The number of hydrogen-bond acceptors (Lipinski definition) is 3. The fraction of sp³-hybridized carbons (Fsp3) is 0.556. The van der Waals surface area contributed by atoms with Gasteiger partial charge in [0.25, 0.3) is 0 Å². The highest BCUT2D eigenvalue weighted by atomic mass is 79.9. The fourth-order valence-electron chi connectivity index (χ4n) is 3.91. The highest BCUT2D eigenvalue weighted by Gasteiger charge is 2.43. The van der Waals surface area contributed by atoms with E-state index in [1.807, 2.05) is 26.0 Å².